The van der Waals surface area contributed by atoms with Crippen molar-refractivity contribution < 1.29 is 9.13 Å². The highest BCUT2D eigenvalue weighted by Gasteiger charge is 2.28. The van der Waals surface area contributed by atoms with Gasteiger partial charge in [0.2, 0.25) is 0 Å². The van der Waals surface area contributed by atoms with Gasteiger partial charge in [0.15, 0.2) is 0 Å². The zero-order valence-corrected chi connectivity index (χ0v) is 13.6. The third kappa shape index (κ3) is 2.75. The van der Waals surface area contributed by atoms with Gasteiger partial charge in [-0.05, 0) is 37.0 Å². The maximum Gasteiger partial charge on any atom is 0.124 e. The van der Waals surface area contributed by atoms with Gasteiger partial charge in [-0.25, -0.2) is 4.39 Å². The summed E-state index contributed by atoms with van der Waals surface area (Å²) in [6.45, 7) is 5.53. The van der Waals surface area contributed by atoms with Crippen molar-refractivity contribution in [2.75, 3.05) is 25.1 Å². The Balaban J connectivity index is 2.17. The molecule has 4 nitrogen and oxygen atoms in total. The van der Waals surface area contributed by atoms with E-state index in [-0.39, 0.29) is 11.9 Å². The monoisotopic (exact) mass is 313 g/mol. The molecular weight excluding hydrogens is 293 g/mol. The van der Waals surface area contributed by atoms with Crippen LogP contribution in [0, 0.1) is 30.0 Å². The Morgan fingerprint density at radius 2 is 2.22 bits per heavy atom. The maximum absolute atomic E-state index is 13.9. The molecule has 1 fully saturated rings. The van der Waals surface area contributed by atoms with Gasteiger partial charge < -0.3 is 9.64 Å². The second kappa shape index (κ2) is 6.13. The second-order valence-corrected chi connectivity index (χ2v) is 6.24. The van der Waals surface area contributed by atoms with Crippen LogP contribution < -0.4 is 4.90 Å². The SMILES string of the molecule is COC1CN(c2c(C#N)cnc3c(C)cc(F)cc23)CCC1C. The molecule has 0 spiro atoms. The van der Waals surface area contributed by atoms with Crippen molar-refractivity contribution in [3.8, 4) is 6.07 Å². The van der Waals surface area contributed by atoms with Gasteiger partial charge in [-0.1, -0.05) is 6.92 Å². The van der Waals surface area contributed by atoms with Gasteiger partial charge in [0.1, 0.15) is 11.9 Å². The van der Waals surface area contributed by atoms with Crippen LogP contribution >= 0.6 is 0 Å². The molecule has 2 atom stereocenters. The number of aromatic nitrogens is 1. The summed E-state index contributed by atoms with van der Waals surface area (Å²) in [6.07, 6.45) is 2.66. The number of halogens is 1. The molecule has 0 radical (unpaired) electrons. The van der Waals surface area contributed by atoms with E-state index in [1.54, 1.807) is 13.3 Å². The third-order valence-electron chi connectivity index (χ3n) is 4.73. The number of rotatable bonds is 2. The van der Waals surface area contributed by atoms with Gasteiger partial charge in [-0.15, -0.1) is 0 Å². The number of ether oxygens (including phenoxy) is 1. The number of nitrogens with zero attached hydrogens (tertiary/aromatic N) is 3. The lowest BCUT2D eigenvalue weighted by Crippen LogP contribution is -2.44. The summed E-state index contributed by atoms with van der Waals surface area (Å²) in [4.78, 5) is 6.49. The van der Waals surface area contributed by atoms with E-state index in [2.05, 4.69) is 22.9 Å². The van der Waals surface area contributed by atoms with Crippen molar-refractivity contribution >= 4 is 16.6 Å². The molecule has 0 saturated carbocycles. The normalized spacial score (nSPS) is 21.4. The average molecular weight is 313 g/mol. The standard InChI is InChI=1S/C18H20FN3O/c1-11-4-5-22(10-16(11)23-3)18-13(8-20)9-21-17-12(2)6-14(19)7-15(17)18/h6-7,9,11,16H,4-5,10H2,1-3H3. The second-order valence-electron chi connectivity index (χ2n) is 6.24. The van der Waals surface area contributed by atoms with E-state index in [1.165, 1.54) is 12.1 Å². The number of methoxy groups -OCH3 is 1. The van der Waals surface area contributed by atoms with Crippen molar-refractivity contribution in [3.63, 3.8) is 0 Å². The Labute approximate surface area is 135 Å². The molecule has 5 heteroatoms. The number of piperidine rings is 1. The first-order valence-electron chi connectivity index (χ1n) is 7.81. The van der Waals surface area contributed by atoms with E-state index in [4.69, 9.17) is 4.74 Å². The Hall–Kier alpha value is -2.19. The van der Waals surface area contributed by atoms with Crippen molar-refractivity contribution in [3.05, 3.63) is 35.3 Å². The summed E-state index contributed by atoms with van der Waals surface area (Å²) >= 11 is 0. The van der Waals surface area contributed by atoms with Crippen LogP contribution in [0.5, 0.6) is 0 Å². The molecule has 2 unspecified atom stereocenters. The van der Waals surface area contributed by atoms with Gasteiger partial charge in [-0.2, -0.15) is 5.26 Å². The van der Waals surface area contributed by atoms with Crippen LogP contribution in [0.4, 0.5) is 10.1 Å². The van der Waals surface area contributed by atoms with E-state index < -0.39 is 0 Å². The van der Waals surface area contributed by atoms with Crippen LogP contribution in [0.1, 0.15) is 24.5 Å². The molecule has 0 N–H and O–H groups in total. The smallest absolute Gasteiger partial charge is 0.124 e. The molecule has 2 aromatic rings. The van der Waals surface area contributed by atoms with Gasteiger partial charge in [0.05, 0.1) is 22.9 Å². The summed E-state index contributed by atoms with van der Waals surface area (Å²) in [7, 11) is 1.71. The number of aryl methyl sites for hydroxylation is 1. The highest BCUT2D eigenvalue weighted by molar-refractivity contribution is 5.96. The summed E-state index contributed by atoms with van der Waals surface area (Å²) in [5, 5.41) is 10.2. The minimum Gasteiger partial charge on any atom is -0.379 e. The van der Waals surface area contributed by atoms with E-state index in [1.807, 2.05) is 6.92 Å². The fourth-order valence-electron chi connectivity index (χ4n) is 3.39. The van der Waals surface area contributed by atoms with E-state index in [0.717, 1.165) is 29.7 Å². The van der Waals surface area contributed by atoms with Crippen molar-refractivity contribution in [2.45, 2.75) is 26.4 Å². The molecule has 0 bridgehead atoms. The zero-order valence-electron chi connectivity index (χ0n) is 13.6. The fourth-order valence-corrected chi connectivity index (χ4v) is 3.39. The number of nitriles is 1. The molecule has 120 valence electrons. The van der Waals surface area contributed by atoms with Crippen LogP contribution in [0.25, 0.3) is 10.9 Å². The first-order chi connectivity index (χ1) is 11.0. The maximum atomic E-state index is 13.9. The van der Waals surface area contributed by atoms with E-state index in [9.17, 15) is 9.65 Å². The highest BCUT2D eigenvalue weighted by Crippen LogP contribution is 2.34. The lowest BCUT2D eigenvalue weighted by Gasteiger charge is -2.38. The highest BCUT2D eigenvalue weighted by atomic mass is 19.1. The zero-order chi connectivity index (χ0) is 16.6. The topological polar surface area (TPSA) is 49.1 Å². The third-order valence-corrected chi connectivity index (χ3v) is 4.73. The average Bonchev–Trinajstić information content (AvgIpc) is 2.54. The van der Waals surface area contributed by atoms with Crippen molar-refractivity contribution in [2.24, 2.45) is 5.92 Å². The van der Waals surface area contributed by atoms with Gasteiger partial charge in [0.25, 0.3) is 0 Å². The quantitative estimate of drug-likeness (QED) is 0.852. The molecule has 3 rings (SSSR count). The first-order valence-corrected chi connectivity index (χ1v) is 7.81. The molecule has 1 aliphatic rings. The van der Waals surface area contributed by atoms with Gasteiger partial charge >= 0.3 is 0 Å². The number of hydrogen-bond donors (Lipinski definition) is 0. The van der Waals surface area contributed by atoms with Crippen LogP contribution in [0.2, 0.25) is 0 Å². The Bertz CT molecular complexity index is 784. The molecule has 1 aliphatic heterocycles. The van der Waals surface area contributed by atoms with Gasteiger partial charge in [0, 0.05) is 31.8 Å². The number of fused-ring (bicyclic) bond motifs is 1. The molecule has 1 saturated heterocycles. The lowest BCUT2D eigenvalue weighted by molar-refractivity contribution is 0.0499. The van der Waals surface area contributed by atoms with Crippen molar-refractivity contribution in [1.82, 2.24) is 4.98 Å². The number of benzene rings is 1. The summed E-state index contributed by atoms with van der Waals surface area (Å²) in [6, 6.07) is 5.15. The van der Waals surface area contributed by atoms with E-state index >= 15 is 0 Å². The summed E-state index contributed by atoms with van der Waals surface area (Å²) in [5.41, 5.74) is 2.77. The molecule has 0 aliphatic carbocycles. The number of anilines is 1. The van der Waals surface area contributed by atoms with Crippen LogP contribution in [-0.4, -0.2) is 31.3 Å². The van der Waals surface area contributed by atoms with Crippen molar-refractivity contribution in [1.29, 1.82) is 5.26 Å². The van der Waals surface area contributed by atoms with Crippen LogP contribution in [-0.2, 0) is 4.74 Å². The van der Waals surface area contributed by atoms with Gasteiger partial charge in [-0.3, -0.25) is 4.98 Å². The molecule has 0 amide bonds. The Morgan fingerprint density at radius 1 is 1.43 bits per heavy atom. The Morgan fingerprint density at radius 3 is 2.91 bits per heavy atom. The molecule has 1 aromatic heterocycles. The predicted octanol–water partition coefficient (Wildman–Crippen LogP) is 3.42. The Kier molecular flexibility index (Phi) is 4.18. The molecule has 2 heterocycles. The van der Waals surface area contributed by atoms with Crippen LogP contribution in [0.3, 0.4) is 0 Å². The number of hydrogen-bond acceptors (Lipinski definition) is 4. The van der Waals surface area contributed by atoms with Crippen LogP contribution in [0.15, 0.2) is 18.3 Å². The van der Waals surface area contributed by atoms with E-state index in [0.29, 0.717) is 23.4 Å². The predicted molar refractivity (Wildman–Crippen MR) is 87.9 cm³/mol. The summed E-state index contributed by atoms with van der Waals surface area (Å²) in [5.74, 6) is 0.162. The molecule has 1 aromatic carbocycles. The minimum atomic E-state index is -0.304. The molecular formula is C18H20FN3O. The minimum absolute atomic E-state index is 0.105. The summed E-state index contributed by atoms with van der Waals surface area (Å²) < 4.78 is 19.5. The largest absolute Gasteiger partial charge is 0.379 e. The fraction of sp³-hybridized carbons (Fsp3) is 0.444. The lowest BCUT2D eigenvalue weighted by atomic mass is 9.94. The number of pyridine rings is 1. The first kappa shape index (κ1) is 15.7. The molecule has 23 heavy (non-hydrogen) atoms.